The topological polar surface area (TPSA) is 112 Å². The summed E-state index contributed by atoms with van der Waals surface area (Å²) in [6, 6.07) is 2.41. The molecule has 2 aromatic heterocycles. The van der Waals surface area contributed by atoms with Gasteiger partial charge in [-0.15, -0.1) is 11.3 Å². The van der Waals surface area contributed by atoms with Crippen molar-refractivity contribution in [3.8, 4) is 0 Å². The average molecular weight is 512 g/mol. The standard InChI is InChI=1S/C20H17ClF3N7O2S/c1-9(28-18(33)15-11-7-31(2)30-16(11)27-8-26-15)19-25-6-14(34-19)17(32)29-10-3-4-12(13(21)5-10)20(22,23)24/h3-6,8-9H,7H2,1-2H3,(H,28,33)(H,29,32)(H,26,27,30). The summed E-state index contributed by atoms with van der Waals surface area (Å²) in [4.78, 5) is 37.9. The second kappa shape index (κ2) is 9.16. The van der Waals surface area contributed by atoms with Gasteiger partial charge in [-0.05, 0) is 25.1 Å². The average Bonchev–Trinajstić information content (AvgIpc) is 3.38. The van der Waals surface area contributed by atoms with Crippen LogP contribution in [0.1, 0.15) is 49.3 Å². The van der Waals surface area contributed by atoms with Crippen molar-refractivity contribution in [1.82, 2.24) is 25.3 Å². The number of carbonyl (C=O) groups is 2. The summed E-state index contributed by atoms with van der Waals surface area (Å²) >= 11 is 6.73. The van der Waals surface area contributed by atoms with Crippen LogP contribution in [0.4, 0.5) is 24.7 Å². The van der Waals surface area contributed by atoms with Crippen molar-refractivity contribution in [2.24, 2.45) is 0 Å². The Morgan fingerprint density at radius 1 is 1.24 bits per heavy atom. The number of alkyl halides is 3. The first kappa shape index (κ1) is 23.9. The second-order valence-electron chi connectivity index (χ2n) is 7.42. The number of amides is 2. The fourth-order valence-electron chi connectivity index (χ4n) is 3.25. The molecule has 14 heteroatoms. The number of anilines is 2. The number of hydrogen-bond donors (Lipinski definition) is 3. The number of halogens is 4. The minimum absolute atomic E-state index is 0.107. The van der Waals surface area contributed by atoms with E-state index in [9.17, 15) is 22.8 Å². The van der Waals surface area contributed by atoms with E-state index in [1.165, 1.54) is 12.5 Å². The Hall–Kier alpha value is -3.29. The molecule has 0 spiro atoms. The van der Waals surface area contributed by atoms with Gasteiger partial charge in [0.1, 0.15) is 27.7 Å². The number of thiazole rings is 1. The Balaban J connectivity index is 1.42. The van der Waals surface area contributed by atoms with Crippen LogP contribution in [-0.4, -0.2) is 38.8 Å². The van der Waals surface area contributed by atoms with E-state index >= 15 is 0 Å². The minimum atomic E-state index is -4.59. The number of nitrogens with one attached hydrogen (secondary N) is 3. The minimum Gasteiger partial charge on any atom is -0.342 e. The van der Waals surface area contributed by atoms with E-state index in [0.717, 1.165) is 29.5 Å². The predicted octanol–water partition coefficient (Wildman–Crippen LogP) is 4.12. The molecule has 4 rings (SSSR count). The summed E-state index contributed by atoms with van der Waals surface area (Å²) in [5.74, 6) is -0.420. The van der Waals surface area contributed by atoms with Crippen molar-refractivity contribution >= 4 is 46.3 Å². The first-order chi connectivity index (χ1) is 16.0. The fraction of sp³-hybridized carbons (Fsp3) is 0.250. The summed E-state index contributed by atoms with van der Waals surface area (Å²) in [6.45, 7) is 2.17. The Morgan fingerprint density at radius 3 is 2.71 bits per heavy atom. The number of fused-ring (bicyclic) bond motifs is 1. The van der Waals surface area contributed by atoms with Crippen molar-refractivity contribution in [1.29, 1.82) is 0 Å². The van der Waals surface area contributed by atoms with Crippen LogP contribution in [0.2, 0.25) is 5.02 Å². The van der Waals surface area contributed by atoms with E-state index in [1.54, 1.807) is 11.9 Å². The van der Waals surface area contributed by atoms with E-state index in [4.69, 9.17) is 11.6 Å². The molecule has 0 aliphatic carbocycles. The zero-order valence-electron chi connectivity index (χ0n) is 17.7. The summed E-state index contributed by atoms with van der Waals surface area (Å²) in [7, 11) is 1.81. The van der Waals surface area contributed by atoms with Gasteiger partial charge in [0, 0.05) is 24.8 Å². The molecule has 1 aliphatic rings. The molecule has 0 saturated carbocycles. The molecular formula is C20H17ClF3N7O2S. The molecule has 0 fully saturated rings. The Bertz CT molecular complexity index is 1270. The molecule has 9 nitrogen and oxygen atoms in total. The molecule has 178 valence electrons. The van der Waals surface area contributed by atoms with Gasteiger partial charge in [-0.3, -0.25) is 9.59 Å². The maximum atomic E-state index is 12.8. The van der Waals surface area contributed by atoms with Crippen LogP contribution >= 0.6 is 22.9 Å². The van der Waals surface area contributed by atoms with Gasteiger partial charge in [-0.2, -0.15) is 13.2 Å². The van der Waals surface area contributed by atoms with Crippen LogP contribution in [0, 0.1) is 0 Å². The number of carbonyl (C=O) groups excluding carboxylic acids is 2. The van der Waals surface area contributed by atoms with Crippen molar-refractivity contribution < 1.29 is 22.8 Å². The number of nitrogens with zero attached hydrogens (tertiary/aromatic N) is 4. The highest BCUT2D eigenvalue weighted by molar-refractivity contribution is 7.13. The molecule has 34 heavy (non-hydrogen) atoms. The van der Waals surface area contributed by atoms with Gasteiger partial charge in [-0.25, -0.2) is 20.0 Å². The van der Waals surface area contributed by atoms with Crippen molar-refractivity contribution in [3.05, 3.63) is 62.5 Å². The van der Waals surface area contributed by atoms with Gasteiger partial charge < -0.3 is 16.1 Å². The van der Waals surface area contributed by atoms with Crippen LogP contribution in [0.3, 0.4) is 0 Å². The molecule has 1 aromatic carbocycles. The molecule has 2 amide bonds. The smallest absolute Gasteiger partial charge is 0.342 e. The molecule has 3 aromatic rings. The highest BCUT2D eigenvalue weighted by atomic mass is 35.5. The first-order valence-corrected chi connectivity index (χ1v) is 11.0. The number of rotatable bonds is 5. The highest BCUT2D eigenvalue weighted by Gasteiger charge is 2.33. The van der Waals surface area contributed by atoms with Crippen LogP contribution in [0.5, 0.6) is 0 Å². The number of hydrogen-bond acceptors (Lipinski definition) is 8. The van der Waals surface area contributed by atoms with Gasteiger partial charge in [0.25, 0.3) is 11.8 Å². The maximum Gasteiger partial charge on any atom is 0.417 e. The summed E-state index contributed by atoms with van der Waals surface area (Å²) in [6.07, 6.45) is -1.97. The summed E-state index contributed by atoms with van der Waals surface area (Å²) in [5, 5.41) is 7.01. The Labute approximate surface area is 200 Å². The quantitative estimate of drug-likeness (QED) is 0.472. The Morgan fingerprint density at radius 2 is 2.00 bits per heavy atom. The fourth-order valence-corrected chi connectivity index (χ4v) is 4.35. The van der Waals surface area contributed by atoms with Gasteiger partial charge >= 0.3 is 6.18 Å². The largest absolute Gasteiger partial charge is 0.417 e. The summed E-state index contributed by atoms with van der Waals surface area (Å²) < 4.78 is 38.5. The van der Waals surface area contributed by atoms with Crippen molar-refractivity contribution in [2.75, 3.05) is 17.8 Å². The van der Waals surface area contributed by atoms with Crippen molar-refractivity contribution in [2.45, 2.75) is 25.7 Å². The van der Waals surface area contributed by atoms with Crippen LogP contribution in [-0.2, 0) is 12.7 Å². The highest BCUT2D eigenvalue weighted by Crippen LogP contribution is 2.36. The monoisotopic (exact) mass is 511 g/mol. The molecular weight excluding hydrogens is 495 g/mol. The summed E-state index contributed by atoms with van der Waals surface area (Å²) in [5.41, 5.74) is 3.03. The number of benzene rings is 1. The van der Waals surface area contributed by atoms with Crippen molar-refractivity contribution in [3.63, 3.8) is 0 Å². The van der Waals surface area contributed by atoms with E-state index < -0.39 is 34.6 Å². The molecule has 1 aliphatic heterocycles. The maximum absolute atomic E-state index is 12.8. The van der Waals surface area contributed by atoms with E-state index in [1.807, 2.05) is 7.05 Å². The lowest BCUT2D eigenvalue weighted by Gasteiger charge is -2.12. The lowest BCUT2D eigenvalue weighted by Crippen LogP contribution is -2.28. The van der Waals surface area contributed by atoms with Crippen LogP contribution in [0.25, 0.3) is 0 Å². The third kappa shape index (κ3) is 4.95. The second-order valence-corrected chi connectivity index (χ2v) is 8.89. The van der Waals surface area contributed by atoms with Gasteiger partial charge in [0.05, 0.1) is 22.8 Å². The first-order valence-electron chi connectivity index (χ1n) is 9.79. The van der Waals surface area contributed by atoms with E-state index in [0.29, 0.717) is 22.9 Å². The van der Waals surface area contributed by atoms with Gasteiger partial charge in [-0.1, -0.05) is 11.6 Å². The molecule has 0 radical (unpaired) electrons. The van der Waals surface area contributed by atoms with E-state index in [2.05, 4.69) is 31.0 Å². The lowest BCUT2D eigenvalue weighted by molar-refractivity contribution is -0.137. The van der Waals surface area contributed by atoms with Gasteiger partial charge in [0.15, 0.2) is 0 Å². The number of hydrazine groups is 1. The zero-order valence-corrected chi connectivity index (χ0v) is 19.3. The van der Waals surface area contributed by atoms with Crippen LogP contribution in [0.15, 0.2) is 30.7 Å². The SMILES string of the molecule is CC(NC(=O)c1ncnc2c1CN(C)N2)c1ncc(C(=O)Nc2ccc(C(F)(F)F)c(Cl)c2)s1. The molecule has 3 heterocycles. The van der Waals surface area contributed by atoms with Crippen LogP contribution < -0.4 is 16.1 Å². The molecule has 1 unspecified atom stereocenters. The third-order valence-corrected chi connectivity index (χ3v) is 6.34. The molecule has 0 bridgehead atoms. The number of aromatic nitrogens is 3. The normalized spacial score (nSPS) is 14.3. The van der Waals surface area contributed by atoms with Gasteiger partial charge in [0.2, 0.25) is 0 Å². The van der Waals surface area contributed by atoms with E-state index in [-0.39, 0.29) is 16.3 Å². The zero-order chi connectivity index (χ0) is 24.6. The lowest BCUT2D eigenvalue weighted by atomic mass is 10.2. The Kier molecular flexibility index (Phi) is 6.43. The molecule has 1 atom stereocenters. The molecule has 3 N–H and O–H groups in total. The molecule has 0 saturated heterocycles. The predicted molar refractivity (Wildman–Crippen MR) is 120 cm³/mol. The third-order valence-electron chi connectivity index (χ3n) is 4.85.